The van der Waals surface area contributed by atoms with Crippen molar-refractivity contribution in [1.29, 1.82) is 0 Å². The summed E-state index contributed by atoms with van der Waals surface area (Å²) in [4.78, 5) is 16.6. The first-order valence-corrected chi connectivity index (χ1v) is 10.8. The van der Waals surface area contributed by atoms with Gasteiger partial charge in [0.1, 0.15) is 0 Å². The molecule has 0 radical (unpaired) electrons. The van der Waals surface area contributed by atoms with E-state index in [1.54, 1.807) is 19.4 Å². The number of aromatic nitrogens is 1. The number of ether oxygens (including phenoxy) is 2. The molecule has 29 heavy (non-hydrogen) atoms. The van der Waals surface area contributed by atoms with Gasteiger partial charge in [-0.1, -0.05) is 42.1 Å². The molecule has 0 aliphatic heterocycles. The molecule has 0 unspecified atom stereocenters. The van der Waals surface area contributed by atoms with Crippen LogP contribution in [0.15, 0.2) is 63.4 Å². The number of nitrogens with one attached hydrogen (secondary N) is 1. The smallest absolute Gasteiger partial charge is 0.250 e. The largest absolute Gasteiger partial charge is 0.493 e. The SMILES string of the molecule is CCOc1cc(/C=N/NC(=O)CSc2nc(-c3ccccc3)cs2)ccc1OC. The second-order valence-electron chi connectivity index (χ2n) is 5.79. The average molecular weight is 428 g/mol. The van der Waals surface area contributed by atoms with Gasteiger partial charge in [-0.25, -0.2) is 10.4 Å². The van der Waals surface area contributed by atoms with Crippen LogP contribution in [-0.4, -0.2) is 36.6 Å². The van der Waals surface area contributed by atoms with E-state index in [1.165, 1.54) is 23.1 Å². The van der Waals surface area contributed by atoms with Gasteiger partial charge in [-0.15, -0.1) is 11.3 Å². The van der Waals surface area contributed by atoms with Gasteiger partial charge >= 0.3 is 0 Å². The highest BCUT2D eigenvalue weighted by molar-refractivity contribution is 8.01. The number of rotatable bonds is 9. The lowest BCUT2D eigenvalue weighted by Gasteiger charge is -2.09. The highest BCUT2D eigenvalue weighted by Gasteiger charge is 2.08. The van der Waals surface area contributed by atoms with Gasteiger partial charge in [-0.3, -0.25) is 4.79 Å². The van der Waals surface area contributed by atoms with Crippen molar-refractivity contribution < 1.29 is 14.3 Å². The molecule has 3 aromatic rings. The maximum Gasteiger partial charge on any atom is 0.250 e. The molecule has 2 aromatic carbocycles. The van der Waals surface area contributed by atoms with E-state index in [2.05, 4.69) is 15.5 Å². The van der Waals surface area contributed by atoms with E-state index in [0.717, 1.165) is 21.2 Å². The van der Waals surface area contributed by atoms with E-state index in [0.29, 0.717) is 18.1 Å². The molecule has 0 aliphatic rings. The summed E-state index contributed by atoms with van der Waals surface area (Å²) in [5.74, 6) is 1.34. The molecule has 8 heteroatoms. The van der Waals surface area contributed by atoms with Crippen molar-refractivity contribution in [3.63, 3.8) is 0 Å². The molecule has 0 spiro atoms. The van der Waals surface area contributed by atoms with Gasteiger partial charge in [-0.2, -0.15) is 5.10 Å². The molecule has 6 nitrogen and oxygen atoms in total. The Hall–Kier alpha value is -2.84. The summed E-state index contributed by atoms with van der Waals surface area (Å²) in [6, 6.07) is 15.4. The van der Waals surface area contributed by atoms with Crippen LogP contribution in [0, 0.1) is 0 Å². The van der Waals surface area contributed by atoms with E-state index < -0.39 is 0 Å². The van der Waals surface area contributed by atoms with Crippen LogP contribution in [-0.2, 0) is 4.79 Å². The first-order valence-electron chi connectivity index (χ1n) is 8.96. The van der Waals surface area contributed by atoms with Crippen LogP contribution in [0.5, 0.6) is 11.5 Å². The molecule has 0 bridgehead atoms. The normalized spacial score (nSPS) is 10.8. The van der Waals surface area contributed by atoms with Gasteiger partial charge in [0, 0.05) is 10.9 Å². The Labute approximate surface area is 178 Å². The quantitative estimate of drug-likeness (QED) is 0.310. The highest BCUT2D eigenvalue weighted by atomic mass is 32.2. The van der Waals surface area contributed by atoms with Gasteiger partial charge in [0.25, 0.3) is 5.91 Å². The number of methoxy groups -OCH3 is 1. The summed E-state index contributed by atoms with van der Waals surface area (Å²) in [5, 5.41) is 6.01. The predicted molar refractivity (Wildman–Crippen MR) is 118 cm³/mol. The topological polar surface area (TPSA) is 72.8 Å². The van der Waals surface area contributed by atoms with Gasteiger partial charge in [0.2, 0.25) is 0 Å². The van der Waals surface area contributed by atoms with Crippen LogP contribution in [0.25, 0.3) is 11.3 Å². The fourth-order valence-corrected chi connectivity index (χ4v) is 4.07. The molecule has 1 aromatic heterocycles. The standard InChI is InChI=1S/C21H21N3O3S2/c1-3-27-19-11-15(9-10-18(19)26-2)12-22-24-20(25)14-29-21-23-17(13-28-21)16-7-5-4-6-8-16/h4-13H,3,14H2,1-2H3,(H,24,25)/b22-12+. The zero-order chi connectivity index (χ0) is 20.5. The summed E-state index contributed by atoms with van der Waals surface area (Å²) in [6.45, 7) is 2.44. The average Bonchev–Trinajstić information content (AvgIpc) is 3.23. The van der Waals surface area contributed by atoms with Gasteiger partial charge in [0.15, 0.2) is 15.8 Å². The first kappa shape index (κ1) is 20.9. The van der Waals surface area contributed by atoms with Crippen LogP contribution in [0.1, 0.15) is 12.5 Å². The summed E-state index contributed by atoms with van der Waals surface area (Å²) in [6.07, 6.45) is 1.57. The molecule has 0 saturated heterocycles. The van der Waals surface area contributed by atoms with E-state index in [9.17, 15) is 4.79 Å². The van der Waals surface area contributed by atoms with Crippen LogP contribution in [0.4, 0.5) is 0 Å². The number of hydrogen-bond donors (Lipinski definition) is 1. The van der Waals surface area contributed by atoms with Gasteiger partial charge in [-0.05, 0) is 30.7 Å². The number of hydrogen-bond acceptors (Lipinski definition) is 7. The minimum Gasteiger partial charge on any atom is -0.493 e. The lowest BCUT2D eigenvalue weighted by Crippen LogP contribution is -2.19. The molecule has 0 aliphatic carbocycles. The first-order chi connectivity index (χ1) is 14.2. The lowest BCUT2D eigenvalue weighted by molar-refractivity contribution is -0.118. The number of amides is 1. The molecule has 0 saturated carbocycles. The zero-order valence-electron chi connectivity index (χ0n) is 16.1. The summed E-state index contributed by atoms with van der Waals surface area (Å²) in [5.41, 5.74) is 5.32. The molecule has 0 atom stereocenters. The van der Waals surface area contributed by atoms with Crippen molar-refractivity contribution in [1.82, 2.24) is 10.4 Å². The van der Waals surface area contributed by atoms with Crippen molar-refractivity contribution in [2.75, 3.05) is 19.5 Å². The summed E-state index contributed by atoms with van der Waals surface area (Å²) in [7, 11) is 1.59. The molecule has 1 N–H and O–H groups in total. The Kier molecular flexibility index (Phi) is 7.66. The van der Waals surface area contributed by atoms with E-state index in [-0.39, 0.29) is 11.7 Å². The Balaban J connectivity index is 1.50. The minimum absolute atomic E-state index is 0.193. The number of nitrogens with zero attached hydrogens (tertiary/aromatic N) is 2. The fraction of sp³-hybridized carbons (Fsp3) is 0.190. The van der Waals surface area contributed by atoms with Crippen molar-refractivity contribution in [3.8, 4) is 22.8 Å². The second kappa shape index (κ2) is 10.6. The predicted octanol–water partition coefficient (Wildman–Crippen LogP) is 4.46. The van der Waals surface area contributed by atoms with Crippen LogP contribution in [0.3, 0.4) is 0 Å². The maximum atomic E-state index is 12.0. The summed E-state index contributed by atoms with van der Waals surface area (Å²) < 4.78 is 11.6. The number of benzene rings is 2. The Morgan fingerprint density at radius 3 is 2.83 bits per heavy atom. The van der Waals surface area contributed by atoms with E-state index >= 15 is 0 Å². The minimum atomic E-state index is -0.193. The third-order valence-corrected chi connectivity index (χ3v) is 5.79. The molecule has 1 amide bonds. The summed E-state index contributed by atoms with van der Waals surface area (Å²) >= 11 is 2.91. The number of carbonyl (C=O) groups excluding carboxylic acids is 1. The second-order valence-corrected chi connectivity index (χ2v) is 7.87. The third kappa shape index (κ3) is 6.07. The maximum absolute atomic E-state index is 12.0. The number of thiazole rings is 1. The van der Waals surface area contributed by atoms with Crippen LogP contribution >= 0.6 is 23.1 Å². The molecule has 150 valence electrons. The molecule has 1 heterocycles. The number of carbonyl (C=O) groups is 1. The number of hydrazone groups is 1. The van der Waals surface area contributed by atoms with Crippen molar-refractivity contribution in [2.45, 2.75) is 11.3 Å². The Morgan fingerprint density at radius 1 is 1.24 bits per heavy atom. The molecular formula is C21H21N3O3S2. The molecular weight excluding hydrogens is 406 g/mol. The number of thioether (sulfide) groups is 1. The Bertz CT molecular complexity index is 974. The van der Waals surface area contributed by atoms with Crippen molar-refractivity contribution >= 4 is 35.2 Å². The monoisotopic (exact) mass is 427 g/mol. The van der Waals surface area contributed by atoms with Crippen molar-refractivity contribution in [2.24, 2.45) is 5.10 Å². The van der Waals surface area contributed by atoms with Crippen molar-refractivity contribution in [3.05, 3.63) is 59.5 Å². The molecule has 0 fully saturated rings. The fourth-order valence-electron chi connectivity index (χ4n) is 2.45. The zero-order valence-corrected chi connectivity index (χ0v) is 17.8. The van der Waals surface area contributed by atoms with Gasteiger partial charge < -0.3 is 9.47 Å². The van der Waals surface area contributed by atoms with E-state index in [1.807, 2.05) is 54.8 Å². The van der Waals surface area contributed by atoms with Gasteiger partial charge in [0.05, 0.1) is 31.4 Å². The lowest BCUT2D eigenvalue weighted by atomic mass is 10.2. The molecule has 3 rings (SSSR count). The Morgan fingerprint density at radius 2 is 2.07 bits per heavy atom. The highest BCUT2D eigenvalue weighted by Crippen LogP contribution is 2.28. The van der Waals surface area contributed by atoms with Crippen LogP contribution in [0.2, 0.25) is 0 Å². The van der Waals surface area contributed by atoms with E-state index in [4.69, 9.17) is 9.47 Å². The van der Waals surface area contributed by atoms with Crippen LogP contribution < -0.4 is 14.9 Å². The third-order valence-electron chi connectivity index (χ3n) is 3.77.